The molecule has 0 aliphatic heterocycles. The van der Waals surface area contributed by atoms with Crippen molar-refractivity contribution in [2.75, 3.05) is 0 Å². The molecule has 8 rings (SSSR count). The fourth-order valence-corrected chi connectivity index (χ4v) is 6.45. The molecular formula is C40H30N10O6+2. The number of aromatic nitrogens is 8. The highest BCUT2D eigenvalue weighted by molar-refractivity contribution is 6.03. The van der Waals surface area contributed by atoms with E-state index in [9.17, 15) is 20.2 Å². The van der Waals surface area contributed by atoms with Crippen molar-refractivity contribution in [1.82, 2.24) is 40.4 Å². The van der Waals surface area contributed by atoms with Crippen LogP contribution in [0.2, 0.25) is 0 Å². The topological polar surface area (TPSA) is 198 Å². The fourth-order valence-electron chi connectivity index (χ4n) is 6.45. The first-order valence-electron chi connectivity index (χ1n) is 17.2. The third-order valence-electron chi connectivity index (χ3n) is 9.02. The van der Waals surface area contributed by atoms with Crippen LogP contribution in [0.4, 0.5) is 11.4 Å². The maximum Gasteiger partial charge on any atom is 0.359 e. The molecule has 0 atom stereocenters. The number of hydrogen-bond acceptors (Lipinski definition) is 10. The van der Waals surface area contributed by atoms with Gasteiger partial charge in [-0.05, 0) is 80.2 Å². The smallest absolute Gasteiger partial charge is 0.359 e. The fraction of sp³-hybridized carbons (Fsp3) is 0.0500. The molecule has 0 amide bonds. The molecule has 2 N–H and O–H groups in total. The Morgan fingerprint density at radius 2 is 0.857 bits per heavy atom. The maximum absolute atomic E-state index is 11.6. The number of nitro benzene ring substituents is 2. The molecule has 16 nitrogen and oxygen atoms in total. The van der Waals surface area contributed by atoms with Crippen molar-refractivity contribution in [3.05, 3.63) is 166 Å². The van der Waals surface area contributed by atoms with Crippen LogP contribution in [0.1, 0.15) is 0 Å². The molecule has 2 heterocycles. The summed E-state index contributed by atoms with van der Waals surface area (Å²) in [5.74, 6) is 0.832. The van der Waals surface area contributed by atoms with Gasteiger partial charge in [0, 0.05) is 46.5 Å². The molecular weight excluding hydrogens is 717 g/mol. The minimum absolute atomic E-state index is 0.0580. The van der Waals surface area contributed by atoms with Gasteiger partial charge in [-0.2, -0.15) is 0 Å². The van der Waals surface area contributed by atoms with Crippen molar-refractivity contribution in [2.45, 2.75) is 13.5 Å². The van der Waals surface area contributed by atoms with E-state index in [-0.39, 0.29) is 24.8 Å². The standard InChI is InChI=1S/C40H30N10O6/c51-49(52)31-15-11-29(12-16-31)35-21-19-33(27-7-3-1-4-8-27)37(39(35)55-25-47-43-23-41-45-47)38-34(28-9-5-2-6-10-28)20-22-36(30-13-17-32(18-14-30)50(53)54)40(38)56-26-48-44-24-42-46-48/h1-24,43-44H,25-26H2/q+2. The maximum atomic E-state index is 11.6. The van der Waals surface area contributed by atoms with Crippen LogP contribution in [-0.4, -0.2) is 50.3 Å². The lowest BCUT2D eigenvalue weighted by Gasteiger charge is -2.25. The number of nitrogens with zero attached hydrogens (tertiary/aromatic N) is 8. The zero-order valence-corrected chi connectivity index (χ0v) is 29.3. The summed E-state index contributed by atoms with van der Waals surface area (Å²) in [4.78, 5) is 25.2. The van der Waals surface area contributed by atoms with Crippen molar-refractivity contribution in [3.63, 3.8) is 0 Å². The highest BCUT2D eigenvalue weighted by atomic mass is 16.6. The molecule has 0 radical (unpaired) electrons. The van der Waals surface area contributed by atoms with Crippen LogP contribution in [0.15, 0.2) is 146 Å². The quantitative estimate of drug-likeness (QED) is 0.0657. The van der Waals surface area contributed by atoms with Crippen LogP contribution >= 0.6 is 0 Å². The van der Waals surface area contributed by atoms with E-state index in [1.54, 1.807) is 24.3 Å². The van der Waals surface area contributed by atoms with E-state index in [0.29, 0.717) is 44.9 Å². The molecule has 0 aliphatic rings. The number of rotatable bonds is 13. The summed E-state index contributed by atoms with van der Waals surface area (Å²) in [5, 5.41) is 45.1. The lowest BCUT2D eigenvalue weighted by atomic mass is 9.84. The molecule has 6 aromatic carbocycles. The largest absolute Gasteiger partial charge is 0.468 e. The Labute approximate surface area is 317 Å². The molecule has 0 spiro atoms. The van der Waals surface area contributed by atoms with Gasteiger partial charge in [0.2, 0.25) is 13.5 Å². The number of benzene rings is 6. The van der Waals surface area contributed by atoms with Gasteiger partial charge < -0.3 is 9.47 Å². The van der Waals surface area contributed by atoms with E-state index in [0.717, 1.165) is 22.3 Å². The molecule has 8 aromatic rings. The van der Waals surface area contributed by atoms with Gasteiger partial charge >= 0.3 is 12.7 Å². The number of aromatic amines is 2. The van der Waals surface area contributed by atoms with E-state index in [1.165, 1.54) is 46.5 Å². The van der Waals surface area contributed by atoms with Crippen molar-refractivity contribution >= 4 is 11.4 Å². The van der Waals surface area contributed by atoms with Crippen LogP contribution in [0.25, 0.3) is 55.6 Å². The highest BCUT2D eigenvalue weighted by Gasteiger charge is 2.28. The highest BCUT2D eigenvalue weighted by Crippen LogP contribution is 2.54. The van der Waals surface area contributed by atoms with Gasteiger partial charge in [0.1, 0.15) is 11.5 Å². The van der Waals surface area contributed by atoms with Gasteiger partial charge in [-0.25, -0.2) is 0 Å². The van der Waals surface area contributed by atoms with E-state index >= 15 is 0 Å². The van der Waals surface area contributed by atoms with Gasteiger partial charge in [0.15, 0.2) is 0 Å². The minimum atomic E-state index is -0.447. The van der Waals surface area contributed by atoms with Crippen molar-refractivity contribution in [1.29, 1.82) is 0 Å². The zero-order chi connectivity index (χ0) is 38.4. The van der Waals surface area contributed by atoms with Crippen LogP contribution in [0.3, 0.4) is 0 Å². The summed E-state index contributed by atoms with van der Waals surface area (Å²) in [6.07, 6.45) is 2.85. The number of nitro groups is 2. The van der Waals surface area contributed by atoms with Crippen LogP contribution in [0, 0.1) is 20.2 Å². The molecule has 0 saturated carbocycles. The van der Waals surface area contributed by atoms with Gasteiger partial charge in [-0.1, -0.05) is 72.8 Å². The van der Waals surface area contributed by atoms with Crippen LogP contribution in [0.5, 0.6) is 11.5 Å². The molecule has 0 saturated heterocycles. The van der Waals surface area contributed by atoms with E-state index in [4.69, 9.17) is 9.47 Å². The van der Waals surface area contributed by atoms with Crippen molar-refractivity contribution in [3.8, 4) is 67.1 Å². The summed E-state index contributed by atoms with van der Waals surface area (Å²) < 4.78 is 13.6. The Kier molecular flexibility index (Phi) is 9.64. The predicted molar refractivity (Wildman–Crippen MR) is 206 cm³/mol. The second kappa shape index (κ2) is 15.5. The first-order chi connectivity index (χ1) is 27.4. The van der Waals surface area contributed by atoms with Crippen molar-refractivity contribution < 1.29 is 19.3 Å². The third-order valence-corrected chi connectivity index (χ3v) is 9.02. The number of ether oxygens (including phenoxy) is 2. The van der Waals surface area contributed by atoms with Gasteiger partial charge in [-0.15, -0.1) is 19.8 Å². The number of non-ortho nitro benzene ring substituents is 2. The molecule has 56 heavy (non-hydrogen) atoms. The number of hydrogen-bond donors (Lipinski definition) is 2. The summed E-state index contributed by atoms with van der Waals surface area (Å²) >= 11 is 0. The molecule has 2 aromatic heterocycles. The van der Waals surface area contributed by atoms with E-state index < -0.39 is 9.85 Å². The average molecular weight is 747 g/mol. The minimum Gasteiger partial charge on any atom is -0.468 e. The van der Waals surface area contributed by atoms with Crippen molar-refractivity contribution in [2.24, 2.45) is 0 Å². The van der Waals surface area contributed by atoms with E-state index in [2.05, 4.69) is 30.8 Å². The summed E-state index contributed by atoms with van der Waals surface area (Å²) in [7, 11) is 0. The first kappa shape index (κ1) is 34.9. The molecule has 0 fully saturated rings. The Hall–Kier alpha value is -8.14. The van der Waals surface area contributed by atoms with E-state index in [1.807, 2.05) is 84.9 Å². The summed E-state index contributed by atoms with van der Waals surface area (Å²) in [6.45, 7) is -0.171. The van der Waals surface area contributed by atoms with Crippen LogP contribution < -0.4 is 9.47 Å². The lowest BCUT2D eigenvalue weighted by molar-refractivity contribution is -0.385. The number of tetrazole rings is 2. The second-order valence-electron chi connectivity index (χ2n) is 12.3. The number of nitrogens with one attached hydrogen (secondary N) is 2. The predicted octanol–water partition coefficient (Wildman–Crippen LogP) is 8.31. The van der Waals surface area contributed by atoms with Gasteiger partial charge in [0.25, 0.3) is 11.4 Å². The Morgan fingerprint density at radius 1 is 0.500 bits per heavy atom. The van der Waals surface area contributed by atoms with Crippen LogP contribution in [-0.2, 0) is 13.5 Å². The molecule has 0 bridgehead atoms. The molecule has 0 unspecified atom stereocenters. The summed E-state index contributed by atoms with van der Waals surface area (Å²) in [6, 6.07) is 39.9. The molecule has 16 heteroatoms. The molecule has 0 aliphatic carbocycles. The zero-order valence-electron chi connectivity index (χ0n) is 29.3. The lowest BCUT2D eigenvalue weighted by Crippen LogP contribution is -2.12. The Bertz CT molecular complexity index is 2440. The average Bonchev–Trinajstić information content (AvgIpc) is 3.98. The molecule has 274 valence electrons. The second-order valence-corrected chi connectivity index (χ2v) is 12.3. The monoisotopic (exact) mass is 746 g/mol. The SMILES string of the molecule is O=[N+]([O-])c1ccc(-c2ccc(-c3ccccc3)c(-c3c(-c4ccccc4)ccc(-c4ccc([N+](=O)[O-])cc4)c3OCn3nn[cH+][nH]3)c2OCn2nn[cH+][nH]2)cc1. The normalized spacial score (nSPS) is 10.9. The summed E-state index contributed by atoms with van der Waals surface area (Å²) in [5.41, 5.74) is 7.01. The van der Waals surface area contributed by atoms with Gasteiger partial charge in [-0.3, -0.25) is 20.2 Å². The Morgan fingerprint density at radius 3 is 1.20 bits per heavy atom. The third kappa shape index (κ3) is 7.12. The Balaban J connectivity index is 1.49. The first-order valence-corrected chi connectivity index (χ1v) is 17.2. The van der Waals surface area contributed by atoms with Gasteiger partial charge in [0.05, 0.1) is 20.0 Å². The number of H-pyrrole nitrogens is 2.